The van der Waals surface area contributed by atoms with Gasteiger partial charge in [0.2, 0.25) is 0 Å². The Hall–Kier alpha value is -2.66. The number of nitrogens with zero attached hydrogens (tertiary/aromatic N) is 6. The molecule has 1 aliphatic carbocycles. The number of aromatic nitrogens is 6. The van der Waals surface area contributed by atoms with Gasteiger partial charge in [-0.3, -0.25) is 13.9 Å². The summed E-state index contributed by atoms with van der Waals surface area (Å²) in [6.07, 6.45) is 5.64. The maximum Gasteiger partial charge on any atom is 0.332 e. The number of fused-ring (bicyclic) bond motifs is 2. The summed E-state index contributed by atoms with van der Waals surface area (Å²) >= 11 is 3.19. The molecule has 0 saturated heterocycles. The first-order chi connectivity index (χ1) is 15.4. The minimum atomic E-state index is -0.359. The summed E-state index contributed by atoms with van der Waals surface area (Å²) in [7, 11) is 3.38. The van der Waals surface area contributed by atoms with E-state index < -0.39 is 0 Å². The van der Waals surface area contributed by atoms with Gasteiger partial charge < -0.3 is 8.98 Å². The van der Waals surface area contributed by atoms with Gasteiger partial charge in [0, 0.05) is 31.3 Å². The van der Waals surface area contributed by atoms with Crippen LogP contribution in [-0.2, 0) is 33.5 Å². The number of thioether (sulfide) groups is 1. The van der Waals surface area contributed by atoms with Crippen molar-refractivity contribution in [3.05, 3.63) is 43.7 Å². The van der Waals surface area contributed by atoms with Crippen LogP contribution in [0.3, 0.4) is 0 Å². The largest absolute Gasteiger partial charge is 0.410 e. The Bertz CT molecular complexity index is 1410. The first kappa shape index (κ1) is 21.2. The fraction of sp³-hybridized carbons (Fsp3) is 0.476. The molecule has 11 heteroatoms. The molecule has 1 aliphatic rings. The van der Waals surface area contributed by atoms with Crippen molar-refractivity contribution < 1.29 is 4.42 Å². The Morgan fingerprint density at radius 1 is 1.28 bits per heavy atom. The maximum absolute atomic E-state index is 12.8. The van der Waals surface area contributed by atoms with Gasteiger partial charge >= 0.3 is 5.69 Å². The van der Waals surface area contributed by atoms with E-state index in [2.05, 4.69) is 28.2 Å². The topological polar surface area (TPSA) is 101 Å². The van der Waals surface area contributed by atoms with Crippen LogP contribution in [0.2, 0.25) is 0 Å². The van der Waals surface area contributed by atoms with Crippen LogP contribution in [0.4, 0.5) is 0 Å². The quantitative estimate of drug-likeness (QED) is 0.314. The van der Waals surface area contributed by atoms with Crippen LogP contribution in [-0.4, -0.2) is 34.6 Å². The zero-order valence-corrected chi connectivity index (χ0v) is 19.8. The van der Waals surface area contributed by atoms with Gasteiger partial charge in [0.15, 0.2) is 11.2 Å². The van der Waals surface area contributed by atoms with E-state index in [1.165, 1.54) is 37.8 Å². The highest BCUT2D eigenvalue weighted by atomic mass is 32.2. The molecule has 0 bridgehead atoms. The highest BCUT2D eigenvalue weighted by molar-refractivity contribution is 7.99. The van der Waals surface area contributed by atoms with Crippen LogP contribution in [0.1, 0.15) is 30.2 Å². The standard InChI is InChI=1S/C21H24N6O3S2/c1-12-5-6-14-13(9-12)10-15(32-14)18-23-24-20(30-18)31-8-4-7-27-19(28)16-17(22-11-25(16)2)26(3)21(27)29/h10-12H,4-9H2,1-3H3/t12-/m1/s1. The first-order valence-corrected chi connectivity index (χ1v) is 12.4. The lowest BCUT2D eigenvalue weighted by Gasteiger charge is -2.16. The Kier molecular flexibility index (Phi) is 5.54. The van der Waals surface area contributed by atoms with Crippen molar-refractivity contribution >= 4 is 34.3 Å². The van der Waals surface area contributed by atoms with E-state index in [-0.39, 0.29) is 11.2 Å². The smallest absolute Gasteiger partial charge is 0.332 e. The highest BCUT2D eigenvalue weighted by Gasteiger charge is 2.21. The Morgan fingerprint density at radius 3 is 2.97 bits per heavy atom. The summed E-state index contributed by atoms with van der Waals surface area (Å²) < 4.78 is 10.2. The molecule has 168 valence electrons. The second kappa shape index (κ2) is 8.36. The van der Waals surface area contributed by atoms with Gasteiger partial charge in [-0.05, 0) is 43.2 Å². The van der Waals surface area contributed by atoms with E-state index in [1.807, 2.05) is 0 Å². The zero-order chi connectivity index (χ0) is 22.4. The van der Waals surface area contributed by atoms with Gasteiger partial charge in [-0.2, -0.15) is 0 Å². The molecule has 0 saturated carbocycles. The summed E-state index contributed by atoms with van der Waals surface area (Å²) in [6, 6.07) is 2.19. The first-order valence-electron chi connectivity index (χ1n) is 10.6. The number of aryl methyl sites for hydroxylation is 3. The van der Waals surface area contributed by atoms with E-state index in [0.717, 1.165) is 23.6 Å². The van der Waals surface area contributed by atoms with Crippen LogP contribution in [0, 0.1) is 5.92 Å². The SMILES string of the molecule is C[C@@H]1CCc2sc(-c3nnc(SCCCn4c(=O)c5c(ncn5C)n(C)c4=O)o3)cc2C1. The van der Waals surface area contributed by atoms with Crippen molar-refractivity contribution in [1.82, 2.24) is 28.9 Å². The van der Waals surface area contributed by atoms with Gasteiger partial charge in [-0.25, -0.2) is 9.78 Å². The van der Waals surface area contributed by atoms with Crippen LogP contribution in [0.25, 0.3) is 21.9 Å². The molecule has 0 unspecified atom stereocenters. The Labute approximate surface area is 192 Å². The molecule has 4 aromatic rings. The van der Waals surface area contributed by atoms with Crippen molar-refractivity contribution in [3.63, 3.8) is 0 Å². The summed E-state index contributed by atoms with van der Waals surface area (Å²) in [4.78, 5) is 31.9. The van der Waals surface area contributed by atoms with Gasteiger partial charge in [-0.15, -0.1) is 21.5 Å². The number of thiophene rings is 1. The van der Waals surface area contributed by atoms with Crippen molar-refractivity contribution in [1.29, 1.82) is 0 Å². The van der Waals surface area contributed by atoms with E-state index in [9.17, 15) is 9.59 Å². The van der Waals surface area contributed by atoms with Crippen molar-refractivity contribution in [2.45, 2.75) is 44.4 Å². The van der Waals surface area contributed by atoms with Gasteiger partial charge in [0.05, 0.1) is 11.2 Å². The lowest BCUT2D eigenvalue weighted by atomic mass is 9.90. The summed E-state index contributed by atoms with van der Waals surface area (Å²) in [5.74, 6) is 1.94. The number of hydrogen-bond acceptors (Lipinski definition) is 8. The summed E-state index contributed by atoms with van der Waals surface area (Å²) in [5, 5.41) is 8.88. The van der Waals surface area contributed by atoms with E-state index in [4.69, 9.17) is 4.42 Å². The third kappa shape index (κ3) is 3.73. The third-order valence-electron chi connectivity index (χ3n) is 5.90. The molecule has 0 radical (unpaired) electrons. The molecule has 4 heterocycles. The monoisotopic (exact) mass is 472 g/mol. The van der Waals surface area contributed by atoms with Crippen LogP contribution >= 0.6 is 23.1 Å². The highest BCUT2D eigenvalue weighted by Crippen LogP contribution is 2.37. The fourth-order valence-electron chi connectivity index (χ4n) is 4.15. The van der Waals surface area contributed by atoms with Crippen molar-refractivity contribution in [2.75, 3.05) is 5.75 Å². The molecule has 9 nitrogen and oxygen atoms in total. The lowest BCUT2D eigenvalue weighted by Crippen LogP contribution is -2.39. The van der Waals surface area contributed by atoms with Crippen LogP contribution in [0.15, 0.2) is 31.6 Å². The second-order valence-corrected chi connectivity index (χ2v) is 10.5. The fourth-order valence-corrected chi connectivity index (χ4v) is 5.97. The lowest BCUT2D eigenvalue weighted by molar-refractivity contribution is 0.466. The molecule has 0 spiro atoms. The molecule has 0 N–H and O–H groups in total. The summed E-state index contributed by atoms with van der Waals surface area (Å²) in [5.41, 5.74) is 1.56. The Balaban J connectivity index is 1.24. The van der Waals surface area contributed by atoms with Gasteiger partial charge in [0.1, 0.15) is 0 Å². The number of rotatable bonds is 6. The molecule has 32 heavy (non-hydrogen) atoms. The molecular formula is C21H24N6O3S2. The maximum atomic E-state index is 12.8. The Morgan fingerprint density at radius 2 is 2.12 bits per heavy atom. The van der Waals surface area contributed by atoms with Crippen molar-refractivity contribution in [2.24, 2.45) is 20.0 Å². The molecule has 0 fully saturated rings. The predicted molar refractivity (Wildman–Crippen MR) is 124 cm³/mol. The molecular weight excluding hydrogens is 448 g/mol. The molecule has 1 atom stereocenters. The molecule has 0 amide bonds. The third-order valence-corrected chi connectivity index (χ3v) is 8.03. The minimum absolute atomic E-state index is 0.316. The molecule has 0 aliphatic heterocycles. The van der Waals surface area contributed by atoms with Gasteiger partial charge in [0.25, 0.3) is 16.7 Å². The van der Waals surface area contributed by atoms with E-state index in [0.29, 0.717) is 41.0 Å². The molecule has 0 aromatic carbocycles. The molecule has 4 aromatic heterocycles. The normalized spacial score (nSPS) is 16.0. The van der Waals surface area contributed by atoms with Crippen molar-refractivity contribution in [3.8, 4) is 10.8 Å². The average molecular weight is 473 g/mol. The number of imidazole rings is 1. The van der Waals surface area contributed by atoms with Gasteiger partial charge in [-0.1, -0.05) is 18.7 Å². The second-order valence-electron chi connectivity index (χ2n) is 8.31. The average Bonchev–Trinajstić information content (AvgIpc) is 3.49. The predicted octanol–water partition coefficient (Wildman–Crippen LogP) is 2.85. The molecule has 5 rings (SSSR count). The van der Waals surface area contributed by atoms with E-state index >= 15 is 0 Å². The number of hydrogen-bond donors (Lipinski definition) is 0. The van der Waals surface area contributed by atoms with Crippen LogP contribution in [0.5, 0.6) is 0 Å². The van der Waals surface area contributed by atoms with E-state index in [1.54, 1.807) is 36.3 Å². The van der Waals surface area contributed by atoms with Crippen LogP contribution < -0.4 is 11.2 Å². The minimum Gasteiger partial charge on any atom is -0.410 e. The zero-order valence-electron chi connectivity index (χ0n) is 18.2. The summed E-state index contributed by atoms with van der Waals surface area (Å²) in [6.45, 7) is 2.61.